The molecule has 4 aromatic rings. The first-order chi connectivity index (χ1) is 12.8. The van der Waals surface area contributed by atoms with Crippen molar-refractivity contribution in [3.8, 4) is 11.3 Å². The normalized spacial score (nSPS) is 10.8. The third-order valence-electron chi connectivity index (χ3n) is 4.08. The molecular weight excluding hydrogens is 326 g/mol. The third-order valence-corrected chi connectivity index (χ3v) is 4.08. The molecule has 4 rings (SSSR count). The van der Waals surface area contributed by atoms with Crippen LogP contribution in [-0.2, 0) is 11.2 Å². The zero-order chi connectivity index (χ0) is 17.8. The van der Waals surface area contributed by atoms with Crippen LogP contribution in [0, 0.1) is 0 Å². The summed E-state index contributed by atoms with van der Waals surface area (Å²) in [7, 11) is 0. The van der Waals surface area contributed by atoms with Crippen molar-refractivity contribution in [1.82, 2.24) is 9.97 Å². The summed E-state index contributed by atoms with van der Waals surface area (Å²) in [6, 6.07) is 19.3. The topological polar surface area (TPSA) is 68.0 Å². The van der Waals surface area contributed by atoms with Gasteiger partial charge in [-0.05, 0) is 12.1 Å². The van der Waals surface area contributed by atoms with Gasteiger partial charge in [0, 0.05) is 30.0 Å². The number of aromatic nitrogens is 2. The molecule has 0 fully saturated rings. The Morgan fingerprint density at radius 2 is 1.81 bits per heavy atom. The van der Waals surface area contributed by atoms with Crippen LogP contribution in [-0.4, -0.2) is 15.9 Å². The van der Waals surface area contributed by atoms with Crippen molar-refractivity contribution in [3.05, 3.63) is 78.9 Å². The average molecular weight is 343 g/mol. The van der Waals surface area contributed by atoms with E-state index in [-0.39, 0.29) is 12.3 Å². The van der Waals surface area contributed by atoms with Gasteiger partial charge in [0.2, 0.25) is 5.91 Å². The summed E-state index contributed by atoms with van der Waals surface area (Å²) < 4.78 is 5.74. The van der Waals surface area contributed by atoms with E-state index in [9.17, 15) is 4.79 Å². The highest BCUT2D eigenvalue weighted by Gasteiger charge is 2.10. The molecule has 0 bridgehead atoms. The van der Waals surface area contributed by atoms with Crippen molar-refractivity contribution in [2.24, 2.45) is 0 Å². The monoisotopic (exact) mass is 343 g/mol. The van der Waals surface area contributed by atoms with Crippen LogP contribution in [0.4, 0.5) is 5.69 Å². The van der Waals surface area contributed by atoms with Crippen LogP contribution >= 0.6 is 0 Å². The van der Waals surface area contributed by atoms with Crippen LogP contribution in [0.15, 0.2) is 77.5 Å². The Bertz CT molecular complexity index is 1040. The maximum atomic E-state index is 12.3. The number of carbonyl (C=O) groups is 1. The van der Waals surface area contributed by atoms with Crippen molar-refractivity contribution < 1.29 is 9.21 Å². The number of fused-ring (bicyclic) bond motifs is 1. The summed E-state index contributed by atoms with van der Waals surface area (Å²) in [4.78, 5) is 20.9. The predicted molar refractivity (Wildman–Crippen MR) is 101 cm³/mol. The van der Waals surface area contributed by atoms with Crippen molar-refractivity contribution in [2.45, 2.75) is 12.8 Å². The molecule has 0 saturated heterocycles. The summed E-state index contributed by atoms with van der Waals surface area (Å²) in [5.74, 6) is 1.16. The summed E-state index contributed by atoms with van der Waals surface area (Å²) in [5.41, 5.74) is 2.47. The van der Waals surface area contributed by atoms with Crippen LogP contribution in [0.3, 0.4) is 0 Å². The number of nitrogens with one attached hydrogen (secondary N) is 1. The highest BCUT2D eigenvalue weighted by atomic mass is 16.4. The molecule has 5 heteroatoms. The van der Waals surface area contributed by atoms with Gasteiger partial charge in [-0.15, -0.1) is 0 Å². The number of amides is 1. The maximum absolute atomic E-state index is 12.3. The Morgan fingerprint density at radius 3 is 2.69 bits per heavy atom. The molecule has 0 saturated carbocycles. The minimum atomic E-state index is -0.0948. The van der Waals surface area contributed by atoms with Gasteiger partial charge in [0.15, 0.2) is 11.7 Å². The van der Waals surface area contributed by atoms with E-state index in [1.807, 2.05) is 60.7 Å². The minimum Gasteiger partial charge on any atom is -0.441 e. The second-order valence-corrected chi connectivity index (χ2v) is 5.91. The van der Waals surface area contributed by atoms with Crippen LogP contribution in [0.5, 0.6) is 0 Å². The van der Waals surface area contributed by atoms with Gasteiger partial charge in [0.1, 0.15) is 0 Å². The Balaban J connectivity index is 1.41. The van der Waals surface area contributed by atoms with E-state index >= 15 is 0 Å². The van der Waals surface area contributed by atoms with Crippen LogP contribution < -0.4 is 5.32 Å². The fourth-order valence-corrected chi connectivity index (χ4v) is 2.80. The molecule has 1 N–H and O–H groups in total. The molecule has 2 aromatic carbocycles. The Labute approximate surface area is 150 Å². The molecule has 0 radical (unpaired) electrons. The zero-order valence-corrected chi connectivity index (χ0v) is 14.1. The van der Waals surface area contributed by atoms with Gasteiger partial charge >= 0.3 is 0 Å². The Morgan fingerprint density at radius 1 is 0.962 bits per heavy atom. The number of pyridine rings is 1. The SMILES string of the molecule is O=C(CCc1ncc(-c2ccccc2)o1)Nc1cccc2cccnc12. The highest BCUT2D eigenvalue weighted by molar-refractivity contribution is 6.00. The smallest absolute Gasteiger partial charge is 0.224 e. The molecule has 128 valence electrons. The molecule has 1 amide bonds. The first kappa shape index (κ1) is 16.0. The van der Waals surface area contributed by atoms with Gasteiger partial charge in [0.25, 0.3) is 0 Å². The molecule has 0 aliphatic rings. The van der Waals surface area contributed by atoms with E-state index in [4.69, 9.17) is 4.42 Å². The number of oxazole rings is 1. The molecular formula is C21H17N3O2. The van der Waals surface area contributed by atoms with Gasteiger partial charge in [-0.3, -0.25) is 9.78 Å². The molecule has 2 heterocycles. The second-order valence-electron chi connectivity index (χ2n) is 5.91. The molecule has 0 aliphatic heterocycles. The number of aryl methyl sites for hydroxylation is 1. The predicted octanol–water partition coefficient (Wildman–Crippen LogP) is 4.46. The molecule has 0 atom stereocenters. The van der Waals surface area contributed by atoms with Gasteiger partial charge in [-0.1, -0.05) is 48.5 Å². The largest absolute Gasteiger partial charge is 0.441 e. The van der Waals surface area contributed by atoms with Crippen LogP contribution in [0.1, 0.15) is 12.3 Å². The van der Waals surface area contributed by atoms with Crippen molar-refractivity contribution >= 4 is 22.5 Å². The van der Waals surface area contributed by atoms with Gasteiger partial charge in [-0.2, -0.15) is 0 Å². The molecule has 0 unspecified atom stereocenters. The minimum absolute atomic E-state index is 0.0948. The van der Waals surface area contributed by atoms with E-state index in [0.717, 1.165) is 16.5 Å². The fraction of sp³-hybridized carbons (Fsp3) is 0.0952. The molecule has 2 aromatic heterocycles. The first-order valence-electron chi connectivity index (χ1n) is 8.43. The molecule has 5 nitrogen and oxygen atoms in total. The number of para-hydroxylation sites is 1. The van der Waals surface area contributed by atoms with Gasteiger partial charge < -0.3 is 9.73 Å². The lowest BCUT2D eigenvalue weighted by molar-refractivity contribution is -0.116. The van der Waals surface area contributed by atoms with E-state index in [1.165, 1.54) is 0 Å². The summed E-state index contributed by atoms with van der Waals surface area (Å²) in [6.07, 6.45) is 4.14. The summed E-state index contributed by atoms with van der Waals surface area (Å²) >= 11 is 0. The Kier molecular flexibility index (Phi) is 4.43. The maximum Gasteiger partial charge on any atom is 0.224 e. The number of nitrogens with zero attached hydrogens (tertiary/aromatic N) is 2. The Hall–Kier alpha value is -3.47. The van der Waals surface area contributed by atoms with Crippen LogP contribution in [0.2, 0.25) is 0 Å². The van der Waals surface area contributed by atoms with Crippen LogP contribution in [0.25, 0.3) is 22.2 Å². The fourth-order valence-electron chi connectivity index (χ4n) is 2.80. The van der Waals surface area contributed by atoms with Gasteiger partial charge in [0.05, 0.1) is 17.4 Å². The lowest BCUT2D eigenvalue weighted by atomic mass is 10.2. The molecule has 26 heavy (non-hydrogen) atoms. The van der Waals surface area contributed by atoms with Crippen molar-refractivity contribution in [3.63, 3.8) is 0 Å². The lowest BCUT2D eigenvalue weighted by Gasteiger charge is -2.07. The average Bonchev–Trinajstić information content (AvgIpc) is 3.17. The summed E-state index contributed by atoms with van der Waals surface area (Å²) in [5, 5.41) is 3.91. The molecule has 0 spiro atoms. The number of hydrogen-bond acceptors (Lipinski definition) is 4. The number of carbonyl (C=O) groups excluding carboxylic acids is 1. The number of hydrogen-bond donors (Lipinski definition) is 1. The number of rotatable bonds is 5. The number of benzene rings is 2. The first-order valence-corrected chi connectivity index (χ1v) is 8.43. The lowest BCUT2D eigenvalue weighted by Crippen LogP contribution is -2.12. The number of anilines is 1. The van der Waals surface area contributed by atoms with Crippen molar-refractivity contribution in [1.29, 1.82) is 0 Å². The quantitative estimate of drug-likeness (QED) is 0.581. The zero-order valence-electron chi connectivity index (χ0n) is 14.1. The standard InChI is InChI=1S/C21H17N3O2/c25-19(24-17-10-4-8-16-9-5-13-22-21(16)17)11-12-20-23-14-18(26-20)15-6-2-1-3-7-15/h1-10,13-14H,11-12H2,(H,24,25). The van der Waals surface area contributed by atoms with Gasteiger partial charge in [-0.25, -0.2) is 4.98 Å². The highest BCUT2D eigenvalue weighted by Crippen LogP contribution is 2.22. The van der Waals surface area contributed by atoms with Crippen molar-refractivity contribution in [2.75, 3.05) is 5.32 Å². The summed E-state index contributed by atoms with van der Waals surface area (Å²) in [6.45, 7) is 0. The van der Waals surface area contributed by atoms with E-state index in [0.29, 0.717) is 23.8 Å². The van der Waals surface area contributed by atoms with E-state index in [1.54, 1.807) is 12.4 Å². The molecule has 0 aliphatic carbocycles. The third kappa shape index (κ3) is 3.47. The van der Waals surface area contributed by atoms with E-state index < -0.39 is 0 Å². The van der Waals surface area contributed by atoms with E-state index in [2.05, 4.69) is 15.3 Å². The second kappa shape index (κ2) is 7.19.